The smallest absolute Gasteiger partial charge is 0.255 e. The zero-order valence-electron chi connectivity index (χ0n) is 34.8. The van der Waals surface area contributed by atoms with E-state index >= 15 is 0 Å². The van der Waals surface area contributed by atoms with Gasteiger partial charge >= 0.3 is 0 Å². The first kappa shape index (κ1) is 41.5. The molecule has 5 heterocycles. The van der Waals surface area contributed by atoms with Gasteiger partial charge in [-0.15, -0.1) is 0 Å². The van der Waals surface area contributed by atoms with Crippen molar-refractivity contribution in [2.75, 3.05) is 31.5 Å². The Morgan fingerprint density at radius 3 is 2.37 bits per heavy atom. The Kier molecular flexibility index (Phi) is 12.2. The van der Waals surface area contributed by atoms with Crippen LogP contribution in [0.1, 0.15) is 86.6 Å². The van der Waals surface area contributed by atoms with Crippen LogP contribution in [0.2, 0.25) is 5.02 Å². The number of anilines is 1. The van der Waals surface area contributed by atoms with E-state index < -0.39 is 11.9 Å². The largest absolute Gasteiger partial charge is 0.490 e. The second-order valence-corrected chi connectivity index (χ2v) is 17.8. The maximum atomic E-state index is 13.8. The highest BCUT2D eigenvalue weighted by atomic mass is 35.5. The van der Waals surface area contributed by atoms with Crippen molar-refractivity contribution in [3.05, 3.63) is 95.1 Å². The van der Waals surface area contributed by atoms with Gasteiger partial charge in [0.1, 0.15) is 17.9 Å². The van der Waals surface area contributed by atoms with E-state index in [4.69, 9.17) is 21.3 Å². The second-order valence-electron chi connectivity index (χ2n) is 17.4. The second kappa shape index (κ2) is 18.3. The van der Waals surface area contributed by atoms with Gasteiger partial charge < -0.3 is 24.8 Å². The van der Waals surface area contributed by atoms with Gasteiger partial charge in [0.15, 0.2) is 0 Å². The maximum Gasteiger partial charge on any atom is 0.255 e. The molecule has 3 atom stereocenters. The fourth-order valence-electron chi connectivity index (χ4n) is 9.87. The number of carbonyl (C=O) groups excluding carboxylic acids is 5. The first-order valence-electron chi connectivity index (χ1n) is 22.1. The molecule has 14 heteroatoms. The fraction of sp³-hybridized carbons (Fsp3) is 0.438. The SMILES string of the molecule is O=C1CCC(N2Cc3cc(OC4CCN(C(=O)CC5CCN(C(=O)[C@H]6CCC[C@@H](Nc7ncc(Cl)c(-c8cccc(-c9ccccc9)c8)n7)C6)CC5)CC4)ccc3C2=O)C(=O)N1. The standard InChI is InChI=1S/C48H52ClN7O6/c49-40-28-50-48(53-44(40)33-9-4-8-32(25-33)31-6-2-1-3-7-31)51-36-11-5-10-34(26-36)46(60)55-20-16-30(17-21-55)24-43(58)54-22-18-37(19-23-54)62-38-12-13-39-35(27-38)29-56(47(39)61)41-14-15-42(57)52-45(41)59/h1-4,6-9,12-13,25,27-28,30,34,36-37,41H,5,10-11,14-24,26,29H2,(H,50,51,53)(H,52,57,59)/t34-,36+,41?/m0/s1. The molecule has 3 saturated heterocycles. The molecule has 3 aromatic carbocycles. The van der Waals surface area contributed by atoms with Crippen LogP contribution < -0.4 is 15.4 Å². The lowest BCUT2D eigenvalue weighted by molar-refractivity contribution is -0.139. The van der Waals surface area contributed by atoms with Crippen LogP contribution in [0.3, 0.4) is 0 Å². The van der Waals surface area contributed by atoms with Gasteiger partial charge in [0.2, 0.25) is 29.6 Å². The summed E-state index contributed by atoms with van der Waals surface area (Å²) < 4.78 is 6.33. The van der Waals surface area contributed by atoms with Gasteiger partial charge in [-0.05, 0) is 85.4 Å². The number of fused-ring (bicyclic) bond motifs is 1. The minimum Gasteiger partial charge on any atom is -0.490 e. The number of carbonyl (C=O) groups is 5. The molecule has 4 aromatic rings. The third-order valence-corrected chi connectivity index (χ3v) is 13.6. The van der Waals surface area contributed by atoms with E-state index in [1.807, 2.05) is 46.2 Å². The first-order chi connectivity index (χ1) is 30.1. The molecule has 5 amide bonds. The van der Waals surface area contributed by atoms with Crippen molar-refractivity contribution in [3.63, 3.8) is 0 Å². The molecule has 4 fully saturated rings. The Balaban J connectivity index is 0.711. The zero-order valence-corrected chi connectivity index (χ0v) is 35.5. The monoisotopic (exact) mass is 857 g/mol. The Labute approximate surface area is 366 Å². The van der Waals surface area contributed by atoms with E-state index in [9.17, 15) is 24.0 Å². The molecular formula is C48H52ClN7O6. The number of rotatable bonds is 10. The van der Waals surface area contributed by atoms with Crippen LogP contribution in [0, 0.1) is 11.8 Å². The Morgan fingerprint density at radius 2 is 1.58 bits per heavy atom. The molecule has 5 aliphatic rings. The number of nitrogens with one attached hydrogen (secondary N) is 2. The summed E-state index contributed by atoms with van der Waals surface area (Å²) in [5.74, 6) is 0.781. The predicted octanol–water partition coefficient (Wildman–Crippen LogP) is 6.89. The summed E-state index contributed by atoms with van der Waals surface area (Å²) in [5.41, 5.74) is 5.13. The van der Waals surface area contributed by atoms with Crippen LogP contribution >= 0.6 is 11.6 Å². The topological polar surface area (TPSA) is 154 Å². The highest BCUT2D eigenvalue weighted by Gasteiger charge is 2.40. The van der Waals surface area contributed by atoms with Crippen LogP contribution in [0.5, 0.6) is 5.75 Å². The molecule has 13 nitrogen and oxygen atoms in total. The maximum absolute atomic E-state index is 13.8. The van der Waals surface area contributed by atoms with Gasteiger partial charge in [-0.25, -0.2) is 9.97 Å². The number of imide groups is 1. The molecule has 0 bridgehead atoms. The Bertz CT molecular complexity index is 2350. The molecule has 1 aliphatic carbocycles. The van der Waals surface area contributed by atoms with Crippen LogP contribution in [-0.2, 0) is 25.7 Å². The van der Waals surface area contributed by atoms with Crippen molar-refractivity contribution in [1.29, 1.82) is 0 Å². The van der Waals surface area contributed by atoms with E-state index in [1.54, 1.807) is 18.3 Å². The van der Waals surface area contributed by atoms with Gasteiger partial charge in [0.05, 0.1) is 16.9 Å². The number of piperidine rings is 3. The van der Waals surface area contributed by atoms with Crippen molar-refractivity contribution in [3.8, 4) is 28.1 Å². The molecule has 2 N–H and O–H groups in total. The third-order valence-electron chi connectivity index (χ3n) is 13.3. The van der Waals surface area contributed by atoms with E-state index in [1.165, 1.54) is 4.90 Å². The number of aromatic nitrogens is 2. The number of nitrogens with zero attached hydrogens (tertiary/aromatic N) is 5. The van der Waals surface area contributed by atoms with Gasteiger partial charge in [0, 0.05) is 81.5 Å². The normalized spacial score (nSPS) is 22.3. The van der Waals surface area contributed by atoms with E-state index in [0.717, 1.165) is 60.8 Å². The zero-order chi connectivity index (χ0) is 42.7. The molecule has 1 aromatic heterocycles. The predicted molar refractivity (Wildman–Crippen MR) is 234 cm³/mol. The van der Waals surface area contributed by atoms with Crippen LogP contribution in [0.25, 0.3) is 22.4 Å². The molecule has 322 valence electrons. The van der Waals surface area contributed by atoms with E-state index in [0.29, 0.717) is 86.4 Å². The van der Waals surface area contributed by atoms with Crippen molar-refractivity contribution in [2.24, 2.45) is 11.8 Å². The summed E-state index contributed by atoms with van der Waals surface area (Å²) in [6.07, 6.45) is 9.14. The number of amides is 5. The average Bonchev–Trinajstić information content (AvgIpc) is 3.62. The molecular weight excluding hydrogens is 806 g/mol. The molecule has 62 heavy (non-hydrogen) atoms. The molecule has 4 aliphatic heterocycles. The lowest BCUT2D eigenvalue weighted by Gasteiger charge is -2.37. The van der Waals surface area contributed by atoms with Gasteiger partial charge in [-0.3, -0.25) is 29.3 Å². The number of ether oxygens (including phenoxy) is 1. The van der Waals surface area contributed by atoms with Crippen molar-refractivity contribution in [2.45, 2.75) is 95.4 Å². The number of likely N-dealkylation sites (tertiary alicyclic amines) is 2. The quantitative estimate of drug-likeness (QED) is 0.162. The molecule has 9 rings (SSSR count). The lowest BCUT2D eigenvalue weighted by Crippen LogP contribution is -2.52. The van der Waals surface area contributed by atoms with Crippen molar-refractivity contribution >= 4 is 47.1 Å². The number of benzene rings is 3. The number of halogens is 1. The van der Waals surface area contributed by atoms with Crippen LogP contribution in [-0.4, -0.2) is 98.6 Å². The van der Waals surface area contributed by atoms with E-state index in [-0.39, 0.29) is 54.0 Å². The minimum atomic E-state index is -0.657. The fourth-order valence-corrected chi connectivity index (χ4v) is 10.1. The van der Waals surface area contributed by atoms with Gasteiger partial charge in [-0.1, -0.05) is 66.6 Å². The summed E-state index contributed by atoms with van der Waals surface area (Å²) >= 11 is 6.62. The minimum absolute atomic E-state index is 0.0524. The third kappa shape index (κ3) is 9.18. The summed E-state index contributed by atoms with van der Waals surface area (Å²) in [5, 5.41) is 6.34. The highest BCUT2D eigenvalue weighted by molar-refractivity contribution is 6.33. The Hall–Kier alpha value is -5.82. The number of hydrogen-bond donors (Lipinski definition) is 2. The lowest BCUT2D eigenvalue weighted by atomic mass is 9.84. The summed E-state index contributed by atoms with van der Waals surface area (Å²) in [4.78, 5) is 79.2. The van der Waals surface area contributed by atoms with Gasteiger partial charge in [-0.2, -0.15) is 0 Å². The molecule has 1 unspecified atom stereocenters. The number of hydrogen-bond acceptors (Lipinski definition) is 9. The van der Waals surface area contributed by atoms with Crippen LogP contribution in [0.15, 0.2) is 79.0 Å². The first-order valence-corrected chi connectivity index (χ1v) is 22.5. The van der Waals surface area contributed by atoms with Crippen molar-refractivity contribution < 1.29 is 28.7 Å². The van der Waals surface area contributed by atoms with Gasteiger partial charge in [0.25, 0.3) is 5.91 Å². The summed E-state index contributed by atoms with van der Waals surface area (Å²) in [6, 6.07) is 23.2. The molecule has 1 saturated carbocycles. The van der Waals surface area contributed by atoms with Crippen molar-refractivity contribution in [1.82, 2.24) is 30.0 Å². The summed E-state index contributed by atoms with van der Waals surface area (Å²) in [7, 11) is 0. The summed E-state index contributed by atoms with van der Waals surface area (Å²) in [6.45, 7) is 2.88. The van der Waals surface area contributed by atoms with Crippen LogP contribution in [0.4, 0.5) is 5.95 Å². The van der Waals surface area contributed by atoms with E-state index in [2.05, 4.69) is 39.9 Å². The average molecular weight is 858 g/mol. The molecule has 0 spiro atoms. The Morgan fingerprint density at radius 1 is 0.823 bits per heavy atom. The highest BCUT2D eigenvalue weighted by Crippen LogP contribution is 2.34. The molecule has 0 radical (unpaired) electrons.